The summed E-state index contributed by atoms with van der Waals surface area (Å²) < 4.78 is 12.5. The standard InChI is InChI=1S/C43H25NO2/c44-26-30-9-1-2-10-31(30)33-11-3-4-12-34(33)39-23-27(28-18-21-37-35-13-5-7-15-40(35)45-42(37)24-28)17-20-32(39)29-19-22-38-36-14-6-8-16-41(36)46-43(38)25-29/h1-25H. The van der Waals surface area contributed by atoms with Crippen molar-refractivity contribution in [1.29, 1.82) is 5.26 Å². The summed E-state index contributed by atoms with van der Waals surface area (Å²) in [5.74, 6) is 0. The van der Waals surface area contributed by atoms with Gasteiger partial charge in [-0.05, 0) is 87.5 Å². The number of nitrogens with zero attached hydrogens (tertiary/aromatic N) is 1. The highest BCUT2D eigenvalue weighted by Gasteiger charge is 2.18. The first-order valence-electron chi connectivity index (χ1n) is 15.3. The van der Waals surface area contributed by atoms with Crippen molar-refractivity contribution in [3.8, 4) is 50.6 Å². The first kappa shape index (κ1) is 26.1. The molecule has 0 aliphatic heterocycles. The molecule has 46 heavy (non-hydrogen) atoms. The first-order chi connectivity index (χ1) is 22.7. The van der Waals surface area contributed by atoms with Gasteiger partial charge in [0.1, 0.15) is 22.3 Å². The Balaban J connectivity index is 1.28. The summed E-state index contributed by atoms with van der Waals surface area (Å²) in [6.07, 6.45) is 0. The number of hydrogen-bond donors (Lipinski definition) is 0. The van der Waals surface area contributed by atoms with Crippen molar-refractivity contribution in [1.82, 2.24) is 0 Å². The zero-order chi connectivity index (χ0) is 30.6. The Kier molecular flexibility index (Phi) is 5.88. The predicted octanol–water partition coefficient (Wildman–Crippen LogP) is 12.0. The molecule has 7 aromatic carbocycles. The topological polar surface area (TPSA) is 50.1 Å². The summed E-state index contributed by atoms with van der Waals surface area (Å²) in [7, 11) is 0. The van der Waals surface area contributed by atoms with Crippen LogP contribution in [0, 0.1) is 11.3 Å². The summed E-state index contributed by atoms with van der Waals surface area (Å²) in [6, 6.07) is 54.4. The van der Waals surface area contributed by atoms with E-state index in [1.54, 1.807) is 0 Å². The minimum atomic E-state index is 0.645. The SMILES string of the molecule is N#Cc1ccccc1-c1ccccc1-c1cc(-c2ccc3c(c2)oc2ccccc23)ccc1-c1ccc2c(c1)oc1ccccc12. The van der Waals surface area contributed by atoms with Crippen molar-refractivity contribution in [2.75, 3.05) is 0 Å². The van der Waals surface area contributed by atoms with Gasteiger partial charge in [-0.25, -0.2) is 0 Å². The lowest BCUT2D eigenvalue weighted by atomic mass is 9.86. The zero-order valence-corrected chi connectivity index (χ0v) is 24.7. The summed E-state index contributed by atoms with van der Waals surface area (Å²) in [5, 5.41) is 14.4. The highest BCUT2D eigenvalue weighted by Crippen LogP contribution is 2.43. The van der Waals surface area contributed by atoms with Gasteiger partial charge in [-0.1, -0.05) is 103 Å². The first-order valence-corrected chi connectivity index (χ1v) is 15.3. The Morgan fingerprint density at radius 1 is 0.348 bits per heavy atom. The van der Waals surface area contributed by atoms with Gasteiger partial charge in [0.2, 0.25) is 0 Å². The molecule has 0 saturated heterocycles. The second-order valence-electron chi connectivity index (χ2n) is 11.6. The Morgan fingerprint density at radius 2 is 0.826 bits per heavy atom. The van der Waals surface area contributed by atoms with Gasteiger partial charge in [0.15, 0.2) is 0 Å². The summed E-state index contributed by atoms with van der Waals surface area (Å²) in [6.45, 7) is 0. The van der Waals surface area contributed by atoms with Crippen LogP contribution in [-0.4, -0.2) is 0 Å². The second kappa shape index (κ2) is 10.4. The van der Waals surface area contributed by atoms with Crippen LogP contribution in [0.2, 0.25) is 0 Å². The third-order valence-corrected chi connectivity index (χ3v) is 8.98. The van der Waals surface area contributed by atoms with E-state index in [0.29, 0.717) is 5.56 Å². The fourth-order valence-electron chi connectivity index (χ4n) is 6.77. The van der Waals surface area contributed by atoms with Gasteiger partial charge in [0, 0.05) is 27.1 Å². The van der Waals surface area contributed by atoms with Gasteiger partial charge < -0.3 is 8.83 Å². The van der Waals surface area contributed by atoms with Gasteiger partial charge in [-0.15, -0.1) is 0 Å². The van der Waals surface area contributed by atoms with Gasteiger partial charge in [-0.3, -0.25) is 0 Å². The molecule has 0 bridgehead atoms. The molecule has 9 aromatic rings. The molecule has 0 radical (unpaired) electrons. The molecule has 0 atom stereocenters. The monoisotopic (exact) mass is 587 g/mol. The van der Waals surface area contributed by atoms with Crippen molar-refractivity contribution < 1.29 is 8.83 Å². The highest BCUT2D eigenvalue weighted by atomic mass is 16.3. The molecule has 0 aliphatic carbocycles. The minimum Gasteiger partial charge on any atom is -0.456 e. The van der Waals surface area contributed by atoms with E-state index in [4.69, 9.17) is 8.83 Å². The Labute approximate surface area is 265 Å². The summed E-state index contributed by atoms with van der Waals surface area (Å²) >= 11 is 0. The number of furan rings is 2. The quantitative estimate of drug-likeness (QED) is 0.206. The molecule has 0 N–H and O–H groups in total. The normalized spacial score (nSPS) is 11.5. The number of para-hydroxylation sites is 2. The van der Waals surface area contributed by atoms with Crippen LogP contribution in [-0.2, 0) is 0 Å². The van der Waals surface area contributed by atoms with E-state index >= 15 is 0 Å². The molecule has 2 aromatic heterocycles. The van der Waals surface area contributed by atoms with E-state index in [9.17, 15) is 5.26 Å². The Hall–Kier alpha value is -6.37. The van der Waals surface area contributed by atoms with E-state index < -0.39 is 0 Å². The molecule has 214 valence electrons. The molecule has 2 heterocycles. The molecule has 3 nitrogen and oxygen atoms in total. The highest BCUT2D eigenvalue weighted by molar-refractivity contribution is 6.07. The summed E-state index contributed by atoms with van der Waals surface area (Å²) in [4.78, 5) is 0. The van der Waals surface area contributed by atoms with E-state index in [0.717, 1.165) is 88.4 Å². The lowest BCUT2D eigenvalue weighted by molar-refractivity contribution is 0.668. The lowest BCUT2D eigenvalue weighted by Crippen LogP contribution is -1.92. The number of fused-ring (bicyclic) bond motifs is 6. The molecule has 3 heteroatoms. The van der Waals surface area contributed by atoms with Crippen molar-refractivity contribution in [2.24, 2.45) is 0 Å². The number of rotatable bonds is 4. The third kappa shape index (κ3) is 4.13. The molecule has 0 saturated carbocycles. The van der Waals surface area contributed by atoms with Crippen molar-refractivity contribution in [3.05, 3.63) is 157 Å². The second-order valence-corrected chi connectivity index (χ2v) is 11.6. The van der Waals surface area contributed by atoms with Gasteiger partial charge in [-0.2, -0.15) is 5.26 Å². The zero-order valence-electron chi connectivity index (χ0n) is 24.7. The minimum absolute atomic E-state index is 0.645. The molecule has 0 amide bonds. The van der Waals surface area contributed by atoms with E-state index in [1.807, 2.05) is 66.7 Å². The van der Waals surface area contributed by atoms with Crippen LogP contribution in [0.1, 0.15) is 5.56 Å². The number of hydrogen-bond acceptors (Lipinski definition) is 3. The Bertz CT molecular complexity index is 2670. The van der Waals surface area contributed by atoms with E-state index in [2.05, 4.69) is 91.0 Å². The third-order valence-electron chi connectivity index (χ3n) is 8.98. The van der Waals surface area contributed by atoms with Crippen molar-refractivity contribution >= 4 is 43.9 Å². The molecule has 0 fully saturated rings. The molecule has 0 unspecified atom stereocenters. The van der Waals surface area contributed by atoms with Crippen LogP contribution in [0.15, 0.2) is 160 Å². The van der Waals surface area contributed by atoms with Gasteiger partial charge in [0.05, 0.1) is 11.6 Å². The average Bonchev–Trinajstić information content (AvgIpc) is 3.69. The maximum absolute atomic E-state index is 10.00. The lowest BCUT2D eigenvalue weighted by Gasteiger charge is -2.17. The summed E-state index contributed by atoms with van der Waals surface area (Å²) in [5.41, 5.74) is 12.5. The van der Waals surface area contributed by atoms with Crippen LogP contribution >= 0.6 is 0 Å². The van der Waals surface area contributed by atoms with Gasteiger partial charge in [0.25, 0.3) is 0 Å². The molecule has 9 rings (SSSR count). The number of nitriles is 1. The van der Waals surface area contributed by atoms with Crippen LogP contribution in [0.4, 0.5) is 0 Å². The van der Waals surface area contributed by atoms with Crippen LogP contribution in [0.5, 0.6) is 0 Å². The molecular formula is C43H25NO2. The average molecular weight is 588 g/mol. The largest absolute Gasteiger partial charge is 0.456 e. The maximum Gasteiger partial charge on any atom is 0.136 e. The molecule has 0 aliphatic rings. The van der Waals surface area contributed by atoms with Crippen LogP contribution in [0.3, 0.4) is 0 Å². The predicted molar refractivity (Wildman–Crippen MR) is 187 cm³/mol. The van der Waals surface area contributed by atoms with Crippen molar-refractivity contribution in [2.45, 2.75) is 0 Å². The maximum atomic E-state index is 10.00. The van der Waals surface area contributed by atoms with Crippen molar-refractivity contribution in [3.63, 3.8) is 0 Å². The van der Waals surface area contributed by atoms with Crippen LogP contribution < -0.4 is 0 Å². The van der Waals surface area contributed by atoms with E-state index in [-0.39, 0.29) is 0 Å². The van der Waals surface area contributed by atoms with Gasteiger partial charge >= 0.3 is 0 Å². The smallest absolute Gasteiger partial charge is 0.136 e. The van der Waals surface area contributed by atoms with E-state index in [1.165, 1.54) is 0 Å². The van der Waals surface area contributed by atoms with Crippen LogP contribution in [0.25, 0.3) is 88.4 Å². The fraction of sp³-hybridized carbons (Fsp3) is 0. The molecule has 0 spiro atoms. The Morgan fingerprint density at radius 3 is 1.50 bits per heavy atom. The fourth-order valence-corrected chi connectivity index (χ4v) is 6.77. The molecular weight excluding hydrogens is 562 g/mol. The number of benzene rings is 7.